The number of amides is 1. The molecule has 1 atom stereocenters. The van der Waals surface area contributed by atoms with E-state index in [1.807, 2.05) is 0 Å². The van der Waals surface area contributed by atoms with Crippen LogP contribution < -0.4 is 14.8 Å². The molecule has 0 spiro atoms. The van der Waals surface area contributed by atoms with E-state index in [4.69, 9.17) is 14.2 Å². The number of hydrogen-bond donors (Lipinski definition) is 4. The maximum Gasteiger partial charge on any atom is 0.328 e. The van der Waals surface area contributed by atoms with Gasteiger partial charge in [0.25, 0.3) is 0 Å². The van der Waals surface area contributed by atoms with Crippen molar-refractivity contribution in [3.63, 3.8) is 0 Å². The second kappa shape index (κ2) is 18.5. The molecule has 0 aliphatic rings. The van der Waals surface area contributed by atoms with E-state index in [1.54, 1.807) is 18.2 Å². The molecule has 0 radical (unpaired) electrons. The van der Waals surface area contributed by atoms with Crippen LogP contribution in [0.25, 0.3) is 6.08 Å². The molecule has 0 heterocycles. The van der Waals surface area contributed by atoms with Gasteiger partial charge in [0.05, 0.1) is 20.8 Å². The third-order valence-electron chi connectivity index (χ3n) is 6.75. The molecule has 41 heavy (non-hydrogen) atoms. The van der Waals surface area contributed by atoms with Gasteiger partial charge in [-0.25, -0.2) is 4.79 Å². The summed E-state index contributed by atoms with van der Waals surface area (Å²) < 4.78 is 15.8. The molecule has 0 unspecified atom stereocenters. The van der Waals surface area contributed by atoms with Crippen LogP contribution in [-0.2, 0) is 20.7 Å². The number of rotatable bonds is 19. The first-order chi connectivity index (χ1) is 19.8. The molecule has 0 bridgehead atoms. The van der Waals surface area contributed by atoms with E-state index in [2.05, 4.69) is 12.2 Å². The number of esters is 1. The van der Waals surface area contributed by atoms with E-state index in [0.29, 0.717) is 11.1 Å². The van der Waals surface area contributed by atoms with Crippen molar-refractivity contribution in [2.45, 2.75) is 83.6 Å². The second-order valence-electron chi connectivity index (χ2n) is 10.0. The number of aromatic hydroxyl groups is 3. The molecule has 1 amide bonds. The number of carbonyl (C=O) groups excluding carboxylic acids is 2. The van der Waals surface area contributed by atoms with Gasteiger partial charge in [-0.3, -0.25) is 4.79 Å². The van der Waals surface area contributed by atoms with Gasteiger partial charge in [-0.1, -0.05) is 70.8 Å². The number of ether oxygens (including phenoxy) is 3. The average Bonchev–Trinajstić information content (AvgIpc) is 2.96. The second-order valence-corrected chi connectivity index (χ2v) is 10.0. The number of hydrogen-bond acceptors (Lipinski definition) is 8. The molecule has 0 saturated heterocycles. The lowest BCUT2D eigenvalue weighted by Crippen LogP contribution is -2.42. The minimum Gasteiger partial charge on any atom is -0.504 e. The molecule has 9 heteroatoms. The molecule has 0 fully saturated rings. The van der Waals surface area contributed by atoms with Crippen molar-refractivity contribution in [2.24, 2.45) is 0 Å². The zero-order chi connectivity index (χ0) is 30.0. The molecule has 0 aromatic heterocycles. The normalized spacial score (nSPS) is 11.8. The van der Waals surface area contributed by atoms with Crippen molar-refractivity contribution in [1.82, 2.24) is 5.32 Å². The quantitative estimate of drug-likeness (QED) is 0.0695. The third kappa shape index (κ3) is 12.0. The Bertz CT molecular complexity index is 1110. The first kappa shape index (κ1) is 33.3. The largest absolute Gasteiger partial charge is 0.504 e. The predicted molar refractivity (Wildman–Crippen MR) is 158 cm³/mol. The summed E-state index contributed by atoms with van der Waals surface area (Å²) in [6, 6.07) is 6.30. The van der Waals surface area contributed by atoms with Gasteiger partial charge in [0, 0.05) is 12.5 Å². The summed E-state index contributed by atoms with van der Waals surface area (Å²) in [5, 5.41) is 32.2. The van der Waals surface area contributed by atoms with Crippen LogP contribution in [0, 0.1) is 0 Å². The average molecular weight is 572 g/mol. The summed E-state index contributed by atoms with van der Waals surface area (Å²) in [7, 11) is 2.81. The van der Waals surface area contributed by atoms with Crippen molar-refractivity contribution >= 4 is 18.0 Å². The zero-order valence-corrected chi connectivity index (χ0v) is 24.5. The SMILES string of the molecule is CCCCCCCCCCCCOC(=O)[C@H](Cc1ccc(O)c(O)c1)NC(=O)/C=C/c1cc(OC)c(O)c(OC)c1. The summed E-state index contributed by atoms with van der Waals surface area (Å²) in [5.74, 6) is -1.50. The molecule has 226 valence electrons. The van der Waals surface area contributed by atoms with Gasteiger partial charge in [-0.15, -0.1) is 0 Å². The number of carbonyl (C=O) groups is 2. The first-order valence-electron chi connectivity index (χ1n) is 14.4. The zero-order valence-electron chi connectivity index (χ0n) is 24.5. The molecule has 9 nitrogen and oxygen atoms in total. The maximum atomic E-state index is 12.9. The van der Waals surface area contributed by atoms with E-state index in [0.717, 1.165) is 19.3 Å². The summed E-state index contributed by atoms with van der Waals surface area (Å²) in [6.45, 7) is 2.47. The van der Waals surface area contributed by atoms with Crippen molar-refractivity contribution in [1.29, 1.82) is 0 Å². The van der Waals surface area contributed by atoms with E-state index >= 15 is 0 Å². The highest BCUT2D eigenvalue weighted by molar-refractivity contribution is 5.94. The van der Waals surface area contributed by atoms with Gasteiger partial charge in [0.2, 0.25) is 11.7 Å². The number of benzene rings is 2. The van der Waals surface area contributed by atoms with E-state index in [-0.39, 0.29) is 41.8 Å². The highest BCUT2D eigenvalue weighted by Crippen LogP contribution is 2.37. The van der Waals surface area contributed by atoms with Crippen LogP contribution in [0.4, 0.5) is 0 Å². The molecule has 0 saturated carbocycles. The van der Waals surface area contributed by atoms with Gasteiger partial charge in [0.15, 0.2) is 23.0 Å². The van der Waals surface area contributed by atoms with Gasteiger partial charge >= 0.3 is 5.97 Å². The Morgan fingerprint density at radius 2 is 1.41 bits per heavy atom. The standard InChI is InChI=1S/C32H45NO8/c1-4-5-6-7-8-9-10-11-12-13-18-41-32(38)25(19-23-14-16-26(34)27(35)20-23)33-30(36)17-15-24-21-28(39-2)31(37)29(22-24)40-3/h14-17,20-22,25,34-35,37H,4-13,18-19H2,1-3H3,(H,33,36)/b17-15+/t25-/m0/s1. The Morgan fingerprint density at radius 3 is 1.98 bits per heavy atom. The fourth-order valence-corrected chi connectivity index (χ4v) is 4.39. The van der Waals surface area contributed by atoms with Crippen molar-refractivity contribution in [3.8, 4) is 28.7 Å². The highest BCUT2D eigenvalue weighted by atomic mass is 16.5. The number of phenolic OH excluding ortho intramolecular Hbond substituents is 3. The lowest BCUT2D eigenvalue weighted by molar-refractivity contribution is -0.147. The number of unbranched alkanes of at least 4 members (excludes halogenated alkanes) is 9. The fraction of sp³-hybridized carbons (Fsp3) is 0.500. The van der Waals surface area contributed by atoms with Crippen LogP contribution in [0.5, 0.6) is 28.7 Å². The Morgan fingerprint density at radius 1 is 0.829 bits per heavy atom. The van der Waals surface area contributed by atoms with Crippen LogP contribution in [0.2, 0.25) is 0 Å². The van der Waals surface area contributed by atoms with Crippen molar-refractivity contribution < 1.29 is 39.1 Å². The Balaban J connectivity index is 1.95. The minimum atomic E-state index is -1.01. The summed E-state index contributed by atoms with van der Waals surface area (Å²) >= 11 is 0. The van der Waals surface area contributed by atoms with Crippen LogP contribution in [-0.4, -0.2) is 54.1 Å². The topological polar surface area (TPSA) is 135 Å². The van der Waals surface area contributed by atoms with Gasteiger partial charge in [-0.05, 0) is 47.9 Å². The monoisotopic (exact) mass is 571 g/mol. The fourth-order valence-electron chi connectivity index (χ4n) is 4.39. The molecule has 2 aromatic carbocycles. The number of methoxy groups -OCH3 is 2. The molecular weight excluding hydrogens is 526 g/mol. The molecule has 2 aromatic rings. The Labute approximate surface area is 243 Å². The lowest BCUT2D eigenvalue weighted by atomic mass is 10.0. The van der Waals surface area contributed by atoms with E-state index in [9.17, 15) is 24.9 Å². The molecular formula is C32H45NO8. The van der Waals surface area contributed by atoms with Gasteiger partial charge in [0.1, 0.15) is 6.04 Å². The maximum absolute atomic E-state index is 12.9. The van der Waals surface area contributed by atoms with E-state index in [1.165, 1.54) is 83.5 Å². The summed E-state index contributed by atoms with van der Waals surface area (Å²) in [6.07, 6.45) is 14.5. The Kier molecular flexibility index (Phi) is 15.0. The van der Waals surface area contributed by atoms with E-state index < -0.39 is 17.9 Å². The third-order valence-corrected chi connectivity index (χ3v) is 6.75. The van der Waals surface area contributed by atoms with Crippen LogP contribution in [0.1, 0.15) is 82.3 Å². The van der Waals surface area contributed by atoms with Crippen LogP contribution in [0.15, 0.2) is 36.4 Å². The molecule has 4 N–H and O–H groups in total. The molecule has 0 aliphatic heterocycles. The van der Waals surface area contributed by atoms with Crippen molar-refractivity contribution in [3.05, 3.63) is 47.5 Å². The highest BCUT2D eigenvalue weighted by Gasteiger charge is 2.23. The number of phenols is 3. The smallest absolute Gasteiger partial charge is 0.328 e. The summed E-state index contributed by atoms with van der Waals surface area (Å²) in [4.78, 5) is 25.7. The van der Waals surface area contributed by atoms with Gasteiger partial charge in [-0.2, -0.15) is 0 Å². The predicted octanol–water partition coefficient (Wildman–Crippen LogP) is 6.03. The Hall–Kier alpha value is -3.88. The van der Waals surface area contributed by atoms with Gasteiger partial charge < -0.3 is 34.8 Å². The van der Waals surface area contributed by atoms with Crippen LogP contribution in [0.3, 0.4) is 0 Å². The first-order valence-corrected chi connectivity index (χ1v) is 14.4. The molecule has 0 aliphatic carbocycles. The van der Waals surface area contributed by atoms with Crippen molar-refractivity contribution in [2.75, 3.05) is 20.8 Å². The molecule has 2 rings (SSSR count). The number of nitrogens with one attached hydrogen (secondary N) is 1. The lowest BCUT2D eigenvalue weighted by Gasteiger charge is -2.17. The summed E-state index contributed by atoms with van der Waals surface area (Å²) in [5.41, 5.74) is 1.08. The van der Waals surface area contributed by atoms with Crippen LogP contribution >= 0.6 is 0 Å². The minimum absolute atomic E-state index is 0.0607.